The minimum absolute atomic E-state index is 0.146. The standard InChI is InChI=1S/C11H13Cl2FN2O2S/c12-9-2-1-3-10(13)11(9)15-19(17,18)16-6-4-8(14)5-7-16/h1-3,8,15H,4-7H2. The molecular weight excluding hydrogens is 314 g/mol. The summed E-state index contributed by atoms with van der Waals surface area (Å²) in [5.74, 6) is 0. The topological polar surface area (TPSA) is 49.4 Å². The maximum atomic E-state index is 13.0. The molecule has 4 nitrogen and oxygen atoms in total. The number of hydrogen-bond donors (Lipinski definition) is 1. The van der Waals surface area contributed by atoms with Gasteiger partial charge in [-0.05, 0) is 25.0 Å². The molecule has 0 saturated carbocycles. The molecule has 106 valence electrons. The number of nitrogens with one attached hydrogen (secondary N) is 1. The number of nitrogens with zero attached hydrogens (tertiary/aromatic N) is 1. The Morgan fingerprint density at radius 1 is 1.21 bits per heavy atom. The van der Waals surface area contributed by atoms with Gasteiger partial charge in [-0.2, -0.15) is 12.7 Å². The minimum atomic E-state index is -3.76. The summed E-state index contributed by atoms with van der Waals surface area (Å²) in [6.45, 7) is 0.303. The van der Waals surface area contributed by atoms with Gasteiger partial charge in [0.15, 0.2) is 0 Å². The normalized spacial score (nSPS) is 18.5. The van der Waals surface area contributed by atoms with Gasteiger partial charge in [-0.1, -0.05) is 29.3 Å². The number of rotatable bonds is 3. The second-order valence-corrected chi connectivity index (χ2v) is 6.76. The van der Waals surface area contributed by atoms with Crippen molar-refractivity contribution in [3.63, 3.8) is 0 Å². The fraction of sp³-hybridized carbons (Fsp3) is 0.455. The van der Waals surface area contributed by atoms with E-state index in [1.807, 2.05) is 0 Å². The van der Waals surface area contributed by atoms with Crippen LogP contribution in [-0.4, -0.2) is 32.0 Å². The van der Waals surface area contributed by atoms with E-state index < -0.39 is 16.4 Å². The average Bonchev–Trinajstić information content (AvgIpc) is 2.35. The Morgan fingerprint density at radius 3 is 2.26 bits per heavy atom. The van der Waals surface area contributed by atoms with E-state index >= 15 is 0 Å². The second-order valence-electron chi connectivity index (χ2n) is 4.28. The predicted molar refractivity (Wildman–Crippen MR) is 74.7 cm³/mol. The van der Waals surface area contributed by atoms with Gasteiger partial charge in [0.25, 0.3) is 0 Å². The lowest BCUT2D eigenvalue weighted by Gasteiger charge is -2.28. The van der Waals surface area contributed by atoms with E-state index in [-0.39, 0.29) is 41.7 Å². The first-order valence-corrected chi connectivity index (χ1v) is 7.96. The highest BCUT2D eigenvalue weighted by atomic mass is 35.5. The van der Waals surface area contributed by atoms with Gasteiger partial charge >= 0.3 is 10.2 Å². The molecule has 0 radical (unpaired) electrons. The van der Waals surface area contributed by atoms with Crippen LogP contribution in [0.25, 0.3) is 0 Å². The van der Waals surface area contributed by atoms with Crippen LogP contribution in [0.3, 0.4) is 0 Å². The zero-order valence-corrected chi connectivity index (χ0v) is 12.3. The van der Waals surface area contributed by atoms with E-state index in [1.165, 1.54) is 4.31 Å². The van der Waals surface area contributed by atoms with Gasteiger partial charge < -0.3 is 0 Å². The predicted octanol–water partition coefficient (Wildman–Crippen LogP) is 3.08. The number of benzene rings is 1. The average molecular weight is 327 g/mol. The van der Waals surface area contributed by atoms with E-state index in [1.54, 1.807) is 18.2 Å². The fourth-order valence-corrected chi connectivity index (χ4v) is 3.76. The van der Waals surface area contributed by atoms with Crippen molar-refractivity contribution < 1.29 is 12.8 Å². The highest BCUT2D eigenvalue weighted by Crippen LogP contribution is 2.31. The third-order valence-electron chi connectivity index (χ3n) is 2.92. The van der Waals surface area contributed by atoms with Gasteiger partial charge in [0.05, 0.1) is 15.7 Å². The van der Waals surface area contributed by atoms with E-state index in [9.17, 15) is 12.8 Å². The lowest BCUT2D eigenvalue weighted by atomic mass is 10.1. The van der Waals surface area contributed by atoms with E-state index in [4.69, 9.17) is 23.2 Å². The summed E-state index contributed by atoms with van der Waals surface area (Å²) < 4.78 is 40.8. The van der Waals surface area contributed by atoms with Crippen LogP contribution < -0.4 is 4.72 Å². The van der Waals surface area contributed by atoms with Crippen molar-refractivity contribution in [1.29, 1.82) is 0 Å². The Kier molecular flexibility index (Phi) is 4.55. The number of anilines is 1. The van der Waals surface area contributed by atoms with Crippen molar-refractivity contribution in [3.05, 3.63) is 28.2 Å². The lowest BCUT2D eigenvalue weighted by molar-refractivity contribution is 0.211. The smallest absolute Gasteiger partial charge is 0.268 e. The quantitative estimate of drug-likeness (QED) is 0.927. The number of para-hydroxylation sites is 1. The molecule has 19 heavy (non-hydrogen) atoms. The van der Waals surface area contributed by atoms with Crippen molar-refractivity contribution in [3.8, 4) is 0 Å². The Morgan fingerprint density at radius 2 is 1.74 bits per heavy atom. The summed E-state index contributed by atoms with van der Waals surface area (Å²) in [5.41, 5.74) is 0.146. The van der Waals surface area contributed by atoms with Crippen LogP contribution in [-0.2, 0) is 10.2 Å². The zero-order chi connectivity index (χ0) is 14.0. The Labute approximate surface area is 121 Å². The van der Waals surface area contributed by atoms with Gasteiger partial charge in [-0.15, -0.1) is 0 Å². The molecule has 1 heterocycles. The van der Waals surface area contributed by atoms with E-state index in [0.29, 0.717) is 0 Å². The molecule has 0 amide bonds. The van der Waals surface area contributed by atoms with Gasteiger partial charge in [0, 0.05) is 13.1 Å². The number of piperidine rings is 1. The molecule has 0 aliphatic carbocycles. The molecule has 0 aromatic heterocycles. The first kappa shape index (κ1) is 14.8. The maximum Gasteiger partial charge on any atom is 0.301 e. The first-order chi connectivity index (χ1) is 8.90. The van der Waals surface area contributed by atoms with Crippen molar-refractivity contribution in [1.82, 2.24) is 4.31 Å². The van der Waals surface area contributed by atoms with Gasteiger partial charge in [-0.3, -0.25) is 4.72 Å². The third-order valence-corrected chi connectivity index (χ3v) is 5.05. The van der Waals surface area contributed by atoms with Gasteiger partial charge in [-0.25, -0.2) is 4.39 Å². The molecule has 1 N–H and O–H groups in total. The molecule has 8 heteroatoms. The van der Waals surface area contributed by atoms with E-state index in [2.05, 4.69) is 4.72 Å². The fourth-order valence-electron chi connectivity index (χ4n) is 1.85. The monoisotopic (exact) mass is 326 g/mol. The zero-order valence-electron chi connectivity index (χ0n) is 9.94. The molecule has 1 aromatic carbocycles. The van der Waals surface area contributed by atoms with Crippen LogP contribution in [0.1, 0.15) is 12.8 Å². The van der Waals surface area contributed by atoms with Crippen LogP contribution >= 0.6 is 23.2 Å². The molecule has 1 aromatic rings. The summed E-state index contributed by atoms with van der Waals surface area (Å²) in [4.78, 5) is 0. The molecule has 0 unspecified atom stereocenters. The highest BCUT2D eigenvalue weighted by molar-refractivity contribution is 7.90. The first-order valence-electron chi connectivity index (χ1n) is 5.76. The molecule has 1 aliphatic heterocycles. The van der Waals surface area contributed by atoms with Gasteiger partial charge in [0.2, 0.25) is 0 Å². The maximum absolute atomic E-state index is 13.0. The molecule has 1 aliphatic rings. The number of alkyl halides is 1. The lowest BCUT2D eigenvalue weighted by Crippen LogP contribution is -2.42. The Bertz CT molecular complexity index is 540. The van der Waals surface area contributed by atoms with Crippen LogP contribution in [0.2, 0.25) is 10.0 Å². The molecule has 1 saturated heterocycles. The van der Waals surface area contributed by atoms with E-state index in [0.717, 1.165) is 0 Å². The van der Waals surface area contributed by atoms with Gasteiger partial charge in [0.1, 0.15) is 6.17 Å². The second kappa shape index (κ2) is 5.83. The summed E-state index contributed by atoms with van der Waals surface area (Å²) in [6, 6.07) is 4.70. The Hall–Kier alpha value is -0.560. The summed E-state index contributed by atoms with van der Waals surface area (Å²) in [6.07, 6.45) is -0.524. The van der Waals surface area contributed by atoms with Crippen LogP contribution in [0.4, 0.5) is 10.1 Å². The minimum Gasteiger partial charge on any atom is -0.268 e. The van der Waals surface area contributed by atoms with Crippen molar-refractivity contribution in [2.75, 3.05) is 17.8 Å². The highest BCUT2D eigenvalue weighted by Gasteiger charge is 2.28. The molecule has 0 atom stereocenters. The largest absolute Gasteiger partial charge is 0.301 e. The molecular formula is C11H13Cl2FN2O2S. The molecule has 0 spiro atoms. The van der Waals surface area contributed by atoms with Crippen LogP contribution in [0, 0.1) is 0 Å². The molecule has 0 bridgehead atoms. The molecule has 1 fully saturated rings. The van der Waals surface area contributed by atoms with Crippen molar-refractivity contribution in [2.45, 2.75) is 19.0 Å². The van der Waals surface area contributed by atoms with Crippen LogP contribution in [0.5, 0.6) is 0 Å². The van der Waals surface area contributed by atoms with Crippen molar-refractivity contribution >= 4 is 39.1 Å². The Balaban J connectivity index is 2.17. The summed E-state index contributed by atoms with van der Waals surface area (Å²) in [5, 5.41) is 0.438. The van der Waals surface area contributed by atoms with Crippen LogP contribution in [0.15, 0.2) is 18.2 Å². The number of hydrogen-bond acceptors (Lipinski definition) is 2. The molecule has 2 rings (SSSR count). The SMILES string of the molecule is O=S(=O)(Nc1c(Cl)cccc1Cl)N1CCC(F)CC1. The number of halogens is 3. The summed E-state index contributed by atoms with van der Waals surface area (Å²) >= 11 is 11.8. The summed E-state index contributed by atoms with van der Waals surface area (Å²) in [7, 11) is -3.76. The van der Waals surface area contributed by atoms with Crippen molar-refractivity contribution in [2.24, 2.45) is 0 Å². The third kappa shape index (κ3) is 3.51.